The van der Waals surface area contributed by atoms with Crippen LogP contribution in [0.15, 0.2) is 18.2 Å². The van der Waals surface area contributed by atoms with Gasteiger partial charge in [-0.25, -0.2) is 0 Å². The standard InChI is InChI=1S/C12H16ClN3O3/c1-15-4-5-19-10(8-15)7-14-12-3-2-9(16(17)18)6-11(12)13/h2-3,6,10,14H,4-5,7-8H2,1H3/t10-/m1/s1. The normalized spacial score (nSPS) is 20.2. The Morgan fingerprint density at radius 3 is 3.05 bits per heavy atom. The molecule has 1 atom stereocenters. The molecule has 0 bridgehead atoms. The van der Waals surface area contributed by atoms with Crippen molar-refractivity contribution in [2.45, 2.75) is 6.10 Å². The van der Waals surface area contributed by atoms with Gasteiger partial charge < -0.3 is 15.0 Å². The summed E-state index contributed by atoms with van der Waals surface area (Å²) in [5.74, 6) is 0. The average Bonchev–Trinajstić information content (AvgIpc) is 2.37. The van der Waals surface area contributed by atoms with E-state index >= 15 is 0 Å². The highest BCUT2D eigenvalue weighted by atomic mass is 35.5. The summed E-state index contributed by atoms with van der Waals surface area (Å²) in [6.45, 7) is 3.14. The summed E-state index contributed by atoms with van der Waals surface area (Å²) in [6, 6.07) is 4.40. The summed E-state index contributed by atoms with van der Waals surface area (Å²) in [5, 5.41) is 14.1. The minimum atomic E-state index is -0.463. The second-order valence-corrected chi connectivity index (χ2v) is 4.96. The van der Waals surface area contributed by atoms with Gasteiger partial charge in [-0.05, 0) is 13.1 Å². The molecular formula is C12H16ClN3O3. The first-order chi connectivity index (χ1) is 9.06. The predicted molar refractivity (Wildman–Crippen MR) is 73.8 cm³/mol. The predicted octanol–water partition coefficient (Wildman–Crippen LogP) is 1.99. The van der Waals surface area contributed by atoms with Gasteiger partial charge in [0.1, 0.15) is 0 Å². The van der Waals surface area contributed by atoms with E-state index in [1.807, 2.05) is 7.05 Å². The zero-order chi connectivity index (χ0) is 13.8. The summed E-state index contributed by atoms with van der Waals surface area (Å²) < 4.78 is 5.62. The molecule has 1 aliphatic heterocycles. The van der Waals surface area contributed by atoms with Crippen molar-refractivity contribution in [2.75, 3.05) is 38.6 Å². The first-order valence-electron chi connectivity index (χ1n) is 6.04. The van der Waals surface area contributed by atoms with Gasteiger partial charge in [-0.15, -0.1) is 0 Å². The van der Waals surface area contributed by atoms with Gasteiger partial charge in [-0.2, -0.15) is 0 Å². The van der Waals surface area contributed by atoms with Crippen LogP contribution in [0.3, 0.4) is 0 Å². The maximum Gasteiger partial charge on any atom is 0.271 e. The number of likely N-dealkylation sites (N-methyl/N-ethyl adjacent to an activating group) is 1. The van der Waals surface area contributed by atoms with Crippen molar-refractivity contribution in [3.63, 3.8) is 0 Å². The Morgan fingerprint density at radius 1 is 1.63 bits per heavy atom. The number of ether oxygens (including phenoxy) is 1. The maximum absolute atomic E-state index is 10.6. The zero-order valence-corrected chi connectivity index (χ0v) is 11.4. The van der Waals surface area contributed by atoms with Crippen LogP contribution >= 0.6 is 11.6 Å². The van der Waals surface area contributed by atoms with Crippen molar-refractivity contribution in [3.8, 4) is 0 Å². The number of non-ortho nitro benzene ring substituents is 1. The van der Waals surface area contributed by atoms with Crippen LogP contribution in [0.4, 0.5) is 11.4 Å². The summed E-state index contributed by atoms with van der Waals surface area (Å²) in [7, 11) is 2.05. The Labute approximate surface area is 116 Å². The molecule has 7 heteroatoms. The Bertz CT molecular complexity index is 470. The number of benzene rings is 1. The fourth-order valence-corrected chi connectivity index (χ4v) is 2.22. The molecule has 1 aromatic carbocycles. The third-order valence-electron chi connectivity index (χ3n) is 3.03. The monoisotopic (exact) mass is 285 g/mol. The minimum absolute atomic E-state index is 0.0100. The number of nitro groups is 1. The van der Waals surface area contributed by atoms with Crippen LogP contribution in [-0.4, -0.2) is 49.2 Å². The van der Waals surface area contributed by atoms with Crippen molar-refractivity contribution < 1.29 is 9.66 Å². The fourth-order valence-electron chi connectivity index (χ4n) is 1.98. The van der Waals surface area contributed by atoms with Gasteiger partial charge in [0.2, 0.25) is 0 Å². The Balaban J connectivity index is 1.94. The first kappa shape index (κ1) is 14.0. The number of morpholine rings is 1. The van der Waals surface area contributed by atoms with Crippen molar-refractivity contribution in [3.05, 3.63) is 33.3 Å². The number of nitrogens with zero attached hydrogens (tertiary/aromatic N) is 2. The van der Waals surface area contributed by atoms with Crippen LogP contribution in [0, 0.1) is 10.1 Å². The molecule has 0 radical (unpaired) electrons. The molecule has 1 aromatic rings. The van der Waals surface area contributed by atoms with E-state index in [1.165, 1.54) is 12.1 Å². The molecule has 0 amide bonds. The van der Waals surface area contributed by atoms with Crippen molar-refractivity contribution >= 4 is 23.0 Å². The molecule has 0 aromatic heterocycles. The molecule has 19 heavy (non-hydrogen) atoms. The molecule has 0 spiro atoms. The van der Waals surface area contributed by atoms with Crippen molar-refractivity contribution in [1.29, 1.82) is 0 Å². The van der Waals surface area contributed by atoms with Crippen LogP contribution in [0.5, 0.6) is 0 Å². The van der Waals surface area contributed by atoms with E-state index in [9.17, 15) is 10.1 Å². The van der Waals surface area contributed by atoms with E-state index in [-0.39, 0.29) is 11.8 Å². The second-order valence-electron chi connectivity index (χ2n) is 4.56. The van der Waals surface area contributed by atoms with Crippen molar-refractivity contribution in [1.82, 2.24) is 4.90 Å². The van der Waals surface area contributed by atoms with Gasteiger partial charge in [-0.1, -0.05) is 11.6 Å². The second kappa shape index (κ2) is 6.18. The Kier molecular flexibility index (Phi) is 4.57. The molecule has 0 aliphatic carbocycles. The number of hydrogen-bond acceptors (Lipinski definition) is 5. The third-order valence-corrected chi connectivity index (χ3v) is 3.34. The molecule has 2 rings (SSSR count). The SMILES string of the molecule is CN1CCO[C@H](CNc2ccc([N+](=O)[O-])cc2Cl)C1. The number of halogens is 1. The fraction of sp³-hybridized carbons (Fsp3) is 0.500. The molecule has 0 saturated carbocycles. The van der Waals surface area contributed by atoms with Crippen molar-refractivity contribution in [2.24, 2.45) is 0 Å². The van der Waals surface area contributed by atoms with Crippen LogP contribution in [0.1, 0.15) is 0 Å². The highest BCUT2D eigenvalue weighted by Gasteiger charge is 2.18. The molecule has 1 aliphatic rings. The lowest BCUT2D eigenvalue weighted by atomic mass is 10.2. The molecule has 104 valence electrons. The molecule has 1 fully saturated rings. The largest absolute Gasteiger partial charge is 0.381 e. The zero-order valence-electron chi connectivity index (χ0n) is 10.6. The van der Waals surface area contributed by atoms with Gasteiger partial charge >= 0.3 is 0 Å². The summed E-state index contributed by atoms with van der Waals surface area (Å²) in [6.07, 6.45) is 0.102. The average molecular weight is 286 g/mol. The number of nitrogens with one attached hydrogen (secondary N) is 1. The minimum Gasteiger partial charge on any atom is -0.381 e. The molecule has 1 saturated heterocycles. The van der Waals surface area contributed by atoms with E-state index in [0.717, 1.165) is 19.7 Å². The van der Waals surface area contributed by atoms with Gasteiger partial charge in [-0.3, -0.25) is 10.1 Å². The first-order valence-corrected chi connectivity index (χ1v) is 6.42. The molecule has 0 unspecified atom stereocenters. The van der Waals surface area contributed by atoms with E-state index in [2.05, 4.69) is 10.2 Å². The smallest absolute Gasteiger partial charge is 0.271 e. The Morgan fingerprint density at radius 2 is 2.42 bits per heavy atom. The maximum atomic E-state index is 10.6. The number of anilines is 1. The highest BCUT2D eigenvalue weighted by Crippen LogP contribution is 2.26. The van der Waals surface area contributed by atoms with E-state index < -0.39 is 4.92 Å². The summed E-state index contributed by atoms with van der Waals surface area (Å²) >= 11 is 6.00. The lowest BCUT2D eigenvalue weighted by Gasteiger charge is -2.30. The topological polar surface area (TPSA) is 67.6 Å². The number of hydrogen-bond donors (Lipinski definition) is 1. The summed E-state index contributed by atoms with van der Waals surface area (Å²) in [4.78, 5) is 12.3. The van der Waals surface area contributed by atoms with E-state index in [4.69, 9.17) is 16.3 Å². The van der Waals surface area contributed by atoms with Crippen LogP contribution in [-0.2, 0) is 4.74 Å². The van der Waals surface area contributed by atoms with Gasteiger partial charge in [0, 0.05) is 31.8 Å². The van der Waals surface area contributed by atoms with Gasteiger partial charge in [0.05, 0.1) is 28.3 Å². The van der Waals surface area contributed by atoms with Gasteiger partial charge in [0.15, 0.2) is 0 Å². The lowest BCUT2D eigenvalue weighted by molar-refractivity contribution is -0.384. The molecular weight excluding hydrogens is 270 g/mol. The van der Waals surface area contributed by atoms with Crippen LogP contribution < -0.4 is 5.32 Å². The van der Waals surface area contributed by atoms with Gasteiger partial charge in [0.25, 0.3) is 5.69 Å². The summed E-state index contributed by atoms with van der Waals surface area (Å²) in [5.41, 5.74) is 0.674. The van der Waals surface area contributed by atoms with Crippen LogP contribution in [0.2, 0.25) is 5.02 Å². The van der Waals surface area contributed by atoms with E-state index in [0.29, 0.717) is 17.3 Å². The Hall–Kier alpha value is -1.37. The number of rotatable bonds is 4. The lowest BCUT2D eigenvalue weighted by Crippen LogP contribution is -2.43. The van der Waals surface area contributed by atoms with Crippen LogP contribution in [0.25, 0.3) is 0 Å². The number of nitro benzene ring substituents is 1. The highest BCUT2D eigenvalue weighted by molar-refractivity contribution is 6.33. The molecule has 1 heterocycles. The van der Waals surface area contributed by atoms with E-state index in [1.54, 1.807) is 6.07 Å². The quantitative estimate of drug-likeness (QED) is 0.677. The molecule has 6 nitrogen and oxygen atoms in total. The third kappa shape index (κ3) is 3.79. The molecule has 1 N–H and O–H groups in total.